The molecular weight excluding hydrogens is 190 g/mol. The number of amides is 2. The zero-order chi connectivity index (χ0) is 11.2. The lowest BCUT2D eigenvalue weighted by Crippen LogP contribution is -2.52. The molecule has 0 aromatic heterocycles. The predicted octanol–water partition coefficient (Wildman–Crippen LogP) is 0.835. The molecule has 0 spiro atoms. The molecule has 2 rings (SSSR count). The number of piperidine rings is 1. The van der Waals surface area contributed by atoms with Gasteiger partial charge in [-0.05, 0) is 20.3 Å². The Bertz CT molecular complexity index is 267. The molecule has 0 bridgehead atoms. The van der Waals surface area contributed by atoms with Gasteiger partial charge in [-0.25, -0.2) is 4.79 Å². The van der Waals surface area contributed by atoms with Gasteiger partial charge in [-0.2, -0.15) is 0 Å². The predicted molar refractivity (Wildman–Crippen MR) is 59.8 cm³/mol. The Morgan fingerprint density at radius 2 is 1.80 bits per heavy atom. The van der Waals surface area contributed by atoms with Gasteiger partial charge in [0, 0.05) is 33.2 Å². The molecular formula is C11H21N3O. The van der Waals surface area contributed by atoms with Crippen molar-refractivity contribution in [2.75, 3.05) is 27.2 Å². The second kappa shape index (κ2) is 3.67. The summed E-state index contributed by atoms with van der Waals surface area (Å²) in [6.45, 7) is 6.58. The third-order valence-electron chi connectivity index (χ3n) is 3.91. The summed E-state index contributed by atoms with van der Waals surface area (Å²) in [5.41, 5.74) is 0. The number of fused-ring (bicyclic) bond motifs is 1. The van der Waals surface area contributed by atoms with E-state index in [1.54, 1.807) is 0 Å². The maximum absolute atomic E-state index is 11.8. The van der Waals surface area contributed by atoms with Crippen molar-refractivity contribution in [3.05, 3.63) is 0 Å². The standard InChI is InChI=1S/C11H21N3O/c1-8(2)14-6-5-9-10(7-14)13(4)11(15)12(9)3/h8-10H,5-7H2,1-4H3/t9?,10-/m1/s1. The highest BCUT2D eigenvalue weighted by molar-refractivity contribution is 5.77. The van der Waals surface area contributed by atoms with Crippen LogP contribution in [-0.2, 0) is 0 Å². The molecule has 4 nitrogen and oxygen atoms in total. The van der Waals surface area contributed by atoms with Gasteiger partial charge >= 0.3 is 6.03 Å². The largest absolute Gasteiger partial charge is 0.323 e. The van der Waals surface area contributed by atoms with Crippen molar-refractivity contribution in [2.45, 2.75) is 38.4 Å². The monoisotopic (exact) mass is 211 g/mol. The van der Waals surface area contributed by atoms with Crippen LogP contribution < -0.4 is 0 Å². The highest BCUT2D eigenvalue weighted by Gasteiger charge is 2.44. The smallest absolute Gasteiger partial charge is 0.320 e. The van der Waals surface area contributed by atoms with Crippen LogP contribution in [0.3, 0.4) is 0 Å². The summed E-state index contributed by atoms with van der Waals surface area (Å²) in [6.07, 6.45) is 1.11. The zero-order valence-corrected chi connectivity index (χ0v) is 10.1. The first-order chi connectivity index (χ1) is 7.02. The second-order valence-electron chi connectivity index (χ2n) is 5.02. The molecule has 2 aliphatic heterocycles. The SMILES string of the molecule is CC(C)N1CCC2[C@@H](C1)N(C)C(=O)N2C. The van der Waals surface area contributed by atoms with Gasteiger partial charge in [0.15, 0.2) is 0 Å². The molecule has 0 aromatic carbocycles. The number of carbonyl (C=O) groups excluding carboxylic acids is 1. The van der Waals surface area contributed by atoms with Crippen LogP contribution in [-0.4, -0.2) is 66.0 Å². The van der Waals surface area contributed by atoms with E-state index in [1.807, 2.05) is 23.9 Å². The van der Waals surface area contributed by atoms with Gasteiger partial charge < -0.3 is 9.80 Å². The van der Waals surface area contributed by atoms with Gasteiger partial charge in [0.1, 0.15) is 0 Å². The van der Waals surface area contributed by atoms with Crippen LogP contribution in [0.1, 0.15) is 20.3 Å². The van der Waals surface area contributed by atoms with E-state index in [-0.39, 0.29) is 6.03 Å². The van der Waals surface area contributed by atoms with Crippen LogP contribution in [0, 0.1) is 0 Å². The molecule has 2 saturated heterocycles. The molecule has 2 atom stereocenters. The average Bonchev–Trinajstić information content (AvgIpc) is 2.44. The molecule has 2 fully saturated rings. The van der Waals surface area contributed by atoms with Crippen molar-refractivity contribution in [3.8, 4) is 0 Å². The van der Waals surface area contributed by atoms with Crippen molar-refractivity contribution in [1.82, 2.24) is 14.7 Å². The fourth-order valence-electron chi connectivity index (χ4n) is 2.78. The summed E-state index contributed by atoms with van der Waals surface area (Å²) in [5, 5.41) is 0. The topological polar surface area (TPSA) is 26.8 Å². The third kappa shape index (κ3) is 1.61. The number of likely N-dealkylation sites (N-methyl/N-ethyl adjacent to an activating group) is 2. The minimum Gasteiger partial charge on any atom is -0.323 e. The maximum atomic E-state index is 11.8. The first-order valence-electron chi connectivity index (χ1n) is 5.76. The number of nitrogens with zero attached hydrogens (tertiary/aromatic N) is 3. The van der Waals surface area contributed by atoms with Crippen molar-refractivity contribution < 1.29 is 4.79 Å². The molecule has 0 aliphatic carbocycles. The van der Waals surface area contributed by atoms with Gasteiger partial charge in [-0.15, -0.1) is 0 Å². The van der Waals surface area contributed by atoms with Gasteiger partial charge in [-0.3, -0.25) is 4.90 Å². The summed E-state index contributed by atoms with van der Waals surface area (Å²) < 4.78 is 0. The fraction of sp³-hybridized carbons (Fsp3) is 0.909. The number of carbonyl (C=O) groups is 1. The first kappa shape index (κ1) is 10.7. The number of rotatable bonds is 1. The molecule has 0 saturated carbocycles. The number of urea groups is 1. The third-order valence-corrected chi connectivity index (χ3v) is 3.91. The summed E-state index contributed by atoms with van der Waals surface area (Å²) in [6, 6.07) is 1.58. The Hall–Kier alpha value is -0.770. The molecule has 0 N–H and O–H groups in total. The molecule has 86 valence electrons. The van der Waals surface area contributed by atoms with E-state index in [2.05, 4.69) is 18.7 Å². The average molecular weight is 211 g/mol. The lowest BCUT2D eigenvalue weighted by Gasteiger charge is -2.39. The van der Waals surface area contributed by atoms with E-state index in [9.17, 15) is 4.79 Å². The summed E-state index contributed by atoms with van der Waals surface area (Å²) in [5.74, 6) is 0. The zero-order valence-electron chi connectivity index (χ0n) is 10.1. The van der Waals surface area contributed by atoms with Gasteiger partial charge in [0.25, 0.3) is 0 Å². The summed E-state index contributed by atoms with van der Waals surface area (Å²) >= 11 is 0. The fourth-order valence-corrected chi connectivity index (χ4v) is 2.78. The van der Waals surface area contributed by atoms with Crippen LogP contribution in [0.2, 0.25) is 0 Å². The molecule has 0 radical (unpaired) electrons. The highest BCUT2D eigenvalue weighted by Crippen LogP contribution is 2.27. The van der Waals surface area contributed by atoms with Crippen molar-refractivity contribution in [3.63, 3.8) is 0 Å². The second-order valence-corrected chi connectivity index (χ2v) is 5.02. The Morgan fingerprint density at radius 3 is 2.40 bits per heavy atom. The van der Waals surface area contributed by atoms with Crippen molar-refractivity contribution in [1.29, 1.82) is 0 Å². The normalized spacial score (nSPS) is 32.7. The Labute approximate surface area is 91.8 Å². The molecule has 0 aromatic rings. The highest BCUT2D eigenvalue weighted by atomic mass is 16.2. The minimum absolute atomic E-state index is 0.176. The number of likely N-dealkylation sites (tertiary alicyclic amines) is 1. The van der Waals surface area contributed by atoms with E-state index in [1.165, 1.54) is 0 Å². The van der Waals surface area contributed by atoms with Gasteiger partial charge in [0.2, 0.25) is 0 Å². The van der Waals surface area contributed by atoms with Gasteiger partial charge in [-0.1, -0.05) is 0 Å². The Kier molecular flexibility index (Phi) is 2.63. The summed E-state index contributed by atoms with van der Waals surface area (Å²) in [7, 11) is 3.85. The van der Waals surface area contributed by atoms with E-state index < -0.39 is 0 Å². The Morgan fingerprint density at radius 1 is 1.20 bits per heavy atom. The molecule has 1 unspecified atom stereocenters. The molecule has 2 aliphatic rings. The quantitative estimate of drug-likeness (QED) is 0.642. The van der Waals surface area contributed by atoms with E-state index >= 15 is 0 Å². The first-order valence-corrected chi connectivity index (χ1v) is 5.76. The van der Waals surface area contributed by atoms with E-state index in [0.29, 0.717) is 18.1 Å². The molecule has 15 heavy (non-hydrogen) atoms. The van der Waals surface area contributed by atoms with Crippen LogP contribution in [0.4, 0.5) is 4.79 Å². The Balaban J connectivity index is 2.11. The molecule has 4 heteroatoms. The van der Waals surface area contributed by atoms with Gasteiger partial charge in [0.05, 0.1) is 12.1 Å². The van der Waals surface area contributed by atoms with Crippen LogP contribution in [0.5, 0.6) is 0 Å². The van der Waals surface area contributed by atoms with Crippen LogP contribution in [0.15, 0.2) is 0 Å². The minimum atomic E-state index is 0.176. The number of hydrogen-bond acceptors (Lipinski definition) is 2. The molecule has 2 amide bonds. The summed E-state index contributed by atoms with van der Waals surface area (Å²) in [4.78, 5) is 18.1. The lowest BCUT2D eigenvalue weighted by atomic mass is 9.98. The maximum Gasteiger partial charge on any atom is 0.320 e. The van der Waals surface area contributed by atoms with Crippen LogP contribution in [0.25, 0.3) is 0 Å². The number of hydrogen-bond donors (Lipinski definition) is 0. The van der Waals surface area contributed by atoms with Crippen molar-refractivity contribution >= 4 is 6.03 Å². The molecule has 2 heterocycles. The van der Waals surface area contributed by atoms with E-state index in [4.69, 9.17) is 0 Å². The van der Waals surface area contributed by atoms with Crippen molar-refractivity contribution in [2.24, 2.45) is 0 Å². The van der Waals surface area contributed by atoms with Crippen LogP contribution >= 0.6 is 0 Å². The van der Waals surface area contributed by atoms with E-state index in [0.717, 1.165) is 19.5 Å². The lowest BCUT2D eigenvalue weighted by molar-refractivity contribution is 0.105.